The molecule has 1 aromatic carbocycles. The molecule has 0 radical (unpaired) electrons. The first-order chi connectivity index (χ1) is 14.4. The molecule has 18 heteroatoms. The minimum atomic E-state index is -8.62. The molecule has 0 bridgehead atoms. The molecule has 0 N–H and O–H groups in total. The Bertz CT molecular complexity index is 797. The van der Waals surface area contributed by atoms with Gasteiger partial charge in [-0.25, -0.2) is 0 Å². The summed E-state index contributed by atoms with van der Waals surface area (Å²) in [5, 5.41) is 0. The number of rotatable bonds is 7. The maximum Gasteiger partial charge on any atom is 2.00 e. The summed E-state index contributed by atoms with van der Waals surface area (Å²) in [5.74, 6) is -56.4. The summed E-state index contributed by atoms with van der Waals surface area (Å²) < 4.78 is 222. The average Bonchev–Trinajstić information content (AvgIpc) is 2.68. The van der Waals surface area contributed by atoms with E-state index in [1.807, 2.05) is 6.07 Å². The molecule has 1 rings (SSSR count). The van der Waals surface area contributed by atoms with Crippen LogP contribution in [0.4, 0.5) is 74.6 Å². The molecule has 0 aliphatic rings. The van der Waals surface area contributed by atoms with E-state index in [1.54, 1.807) is 0 Å². The van der Waals surface area contributed by atoms with E-state index in [0.717, 1.165) is 0 Å². The van der Waals surface area contributed by atoms with Crippen LogP contribution < -0.4 is 0 Å². The van der Waals surface area contributed by atoms with E-state index in [4.69, 9.17) is 0 Å². The second-order valence-corrected chi connectivity index (χ2v) is 5.81. The van der Waals surface area contributed by atoms with Crippen LogP contribution in [0.2, 0.25) is 0 Å². The fourth-order valence-corrected chi connectivity index (χ4v) is 1.94. The Balaban J connectivity index is 0. The monoisotopic (exact) mass is 546 g/mol. The first-order valence-corrected chi connectivity index (χ1v) is 7.44. The van der Waals surface area contributed by atoms with Gasteiger partial charge in [-0.05, 0) is 0 Å². The number of halogens is 17. The zero-order valence-corrected chi connectivity index (χ0v) is 17.1. The van der Waals surface area contributed by atoms with Crippen molar-refractivity contribution in [2.24, 2.45) is 0 Å². The summed E-state index contributed by atoms with van der Waals surface area (Å²) in [6, 6.07) is 2.20. The molecule has 192 valence electrons. The molecular formula is C16H7F17Mg. The van der Waals surface area contributed by atoms with Gasteiger partial charge in [-0.15, -0.1) is 0 Å². The smallest absolute Gasteiger partial charge is 0.521 e. The molecule has 0 unspecified atom stereocenters. The van der Waals surface area contributed by atoms with Crippen molar-refractivity contribution in [1.29, 1.82) is 0 Å². The zero-order valence-electron chi connectivity index (χ0n) is 15.7. The average molecular weight is 547 g/mol. The SMILES string of the molecule is FC(F)(F)C(F)(F)C(F)(F)C(F)(F)C(F)(F)C(F)(F)C(F)(F)C(F)(F)c1cc[c-]cc1.[CH-]=C.[Mg+2]. The van der Waals surface area contributed by atoms with Gasteiger partial charge in [0.15, 0.2) is 0 Å². The Labute approximate surface area is 194 Å². The largest absolute Gasteiger partial charge is 2.00 e. The van der Waals surface area contributed by atoms with E-state index in [0.29, 0.717) is 12.1 Å². The van der Waals surface area contributed by atoms with Gasteiger partial charge in [0.05, 0.1) is 0 Å². The molecule has 34 heavy (non-hydrogen) atoms. The third-order valence-electron chi connectivity index (χ3n) is 3.80. The predicted octanol–water partition coefficient (Wildman–Crippen LogP) is 7.18. The molecular weight excluding hydrogens is 539 g/mol. The second kappa shape index (κ2) is 9.89. The van der Waals surface area contributed by atoms with Crippen LogP contribution in [0.1, 0.15) is 5.56 Å². The molecule has 0 amide bonds. The number of benzene rings is 1. The van der Waals surface area contributed by atoms with E-state index in [1.165, 1.54) is 0 Å². The summed E-state index contributed by atoms with van der Waals surface area (Å²) in [5.41, 5.74) is -2.26. The molecule has 0 atom stereocenters. The predicted molar refractivity (Wildman–Crippen MR) is 80.6 cm³/mol. The first-order valence-electron chi connectivity index (χ1n) is 7.44. The Kier molecular flexibility index (Phi) is 10.1. The van der Waals surface area contributed by atoms with E-state index >= 15 is 0 Å². The minimum Gasteiger partial charge on any atom is -0.521 e. The van der Waals surface area contributed by atoms with Gasteiger partial charge in [-0.1, -0.05) is 5.56 Å². The van der Waals surface area contributed by atoms with Crippen molar-refractivity contribution in [1.82, 2.24) is 0 Å². The quantitative estimate of drug-likeness (QED) is 0.193. The fourth-order valence-electron chi connectivity index (χ4n) is 1.94. The molecule has 0 saturated heterocycles. The van der Waals surface area contributed by atoms with Crippen LogP contribution in [0.3, 0.4) is 0 Å². The molecule has 0 nitrogen and oxygen atoms in total. The van der Waals surface area contributed by atoms with E-state index in [2.05, 4.69) is 13.2 Å². The van der Waals surface area contributed by atoms with Gasteiger partial charge in [0, 0.05) is 0 Å². The van der Waals surface area contributed by atoms with Crippen molar-refractivity contribution >= 4 is 23.1 Å². The summed E-state index contributed by atoms with van der Waals surface area (Å²) in [7, 11) is 0. The van der Waals surface area contributed by atoms with Crippen molar-refractivity contribution in [3.05, 3.63) is 49.1 Å². The van der Waals surface area contributed by atoms with Crippen LogP contribution in [0.15, 0.2) is 30.8 Å². The summed E-state index contributed by atoms with van der Waals surface area (Å²) >= 11 is 0. The van der Waals surface area contributed by atoms with Gasteiger partial charge in [0.2, 0.25) is 0 Å². The van der Waals surface area contributed by atoms with Gasteiger partial charge < -0.3 is 6.58 Å². The number of alkyl halides is 17. The zero-order chi connectivity index (χ0) is 27.1. The van der Waals surface area contributed by atoms with Crippen molar-refractivity contribution in [3.63, 3.8) is 0 Å². The number of hydrogen-bond acceptors (Lipinski definition) is 0. The molecule has 0 fully saturated rings. The van der Waals surface area contributed by atoms with Gasteiger partial charge in [-0.3, -0.25) is 6.58 Å². The third-order valence-corrected chi connectivity index (χ3v) is 3.80. The van der Waals surface area contributed by atoms with Crippen LogP contribution in [0.5, 0.6) is 0 Å². The van der Waals surface area contributed by atoms with Crippen molar-refractivity contribution in [2.45, 2.75) is 47.6 Å². The van der Waals surface area contributed by atoms with Crippen LogP contribution in [0.25, 0.3) is 0 Å². The standard InChI is InChI=1S/C14H4F17.C2H3.Mg/c15-7(16,6-4-2-1-3-5-6)8(17,18)9(19,20)10(21,22)11(23,24)12(25,26)13(27,28)14(29,30)31;1-2;/h2-5H;1H,2H2;/q2*-1;+2. The Morgan fingerprint density at radius 1 is 0.500 bits per heavy atom. The Morgan fingerprint density at radius 2 is 0.765 bits per heavy atom. The summed E-state index contributed by atoms with van der Waals surface area (Å²) in [6.45, 7) is 7.00. The Hall–Kier alpha value is -1.46. The molecule has 0 aliphatic carbocycles. The normalized spacial score (nSPS) is 14.6. The molecule has 1 aromatic rings. The summed E-state index contributed by atoms with van der Waals surface area (Å²) in [4.78, 5) is 0. The van der Waals surface area contributed by atoms with Crippen LogP contribution in [-0.2, 0) is 5.92 Å². The Morgan fingerprint density at radius 3 is 1.06 bits per heavy atom. The molecule has 0 spiro atoms. The van der Waals surface area contributed by atoms with Crippen molar-refractivity contribution in [3.8, 4) is 0 Å². The van der Waals surface area contributed by atoms with Gasteiger partial charge in [0.25, 0.3) is 0 Å². The maximum atomic E-state index is 13.7. The first kappa shape index (κ1) is 34.7. The molecule has 0 heterocycles. The van der Waals surface area contributed by atoms with Crippen LogP contribution in [0, 0.1) is 12.6 Å². The van der Waals surface area contributed by atoms with E-state index in [9.17, 15) is 74.6 Å². The van der Waals surface area contributed by atoms with Gasteiger partial charge >= 0.3 is 70.7 Å². The molecule has 0 saturated carbocycles. The number of hydrogen-bond donors (Lipinski definition) is 0. The minimum absolute atomic E-state index is 0. The van der Waals surface area contributed by atoms with Crippen LogP contribution in [-0.4, -0.2) is 64.8 Å². The fraction of sp³-hybridized carbons (Fsp3) is 0.500. The second-order valence-electron chi connectivity index (χ2n) is 5.81. The van der Waals surface area contributed by atoms with Crippen molar-refractivity contribution in [2.75, 3.05) is 0 Å². The van der Waals surface area contributed by atoms with E-state index in [-0.39, 0.29) is 35.2 Å². The van der Waals surface area contributed by atoms with Gasteiger partial charge in [-0.2, -0.15) is 105 Å². The topological polar surface area (TPSA) is 0 Å². The summed E-state index contributed by atoms with van der Waals surface area (Å²) in [6.07, 6.45) is -7.77. The third kappa shape index (κ3) is 4.67. The van der Waals surface area contributed by atoms with Crippen LogP contribution >= 0.6 is 0 Å². The maximum absolute atomic E-state index is 13.7. The van der Waals surface area contributed by atoms with Crippen molar-refractivity contribution < 1.29 is 74.6 Å². The van der Waals surface area contributed by atoms with E-state index < -0.39 is 53.2 Å². The van der Waals surface area contributed by atoms with Gasteiger partial charge in [0.1, 0.15) is 0 Å². The molecule has 0 aromatic heterocycles. The molecule has 0 aliphatic heterocycles.